The van der Waals surface area contributed by atoms with Gasteiger partial charge in [0.15, 0.2) is 0 Å². The maximum Gasteiger partial charge on any atom is 0.126 e. The third kappa shape index (κ3) is 2.90. The number of phenols is 2. The van der Waals surface area contributed by atoms with Crippen molar-refractivity contribution < 1.29 is 10.2 Å². The second kappa shape index (κ2) is 6.63. The fourth-order valence-corrected chi connectivity index (χ4v) is 4.40. The van der Waals surface area contributed by atoms with Gasteiger partial charge >= 0.3 is 0 Å². The Hall–Kier alpha value is -2.42. The summed E-state index contributed by atoms with van der Waals surface area (Å²) in [4.78, 5) is 0. The van der Waals surface area contributed by atoms with Crippen molar-refractivity contribution in [1.29, 1.82) is 0 Å². The molecule has 0 saturated carbocycles. The summed E-state index contributed by atoms with van der Waals surface area (Å²) in [6.07, 6.45) is 0.586. The minimum atomic E-state index is 0.251. The highest BCUT2D eigenvalue weighted by Crippen LogP contribution is 2.40. The van der Waals surface area contributed by atoms with Gasteiger partial charge in [0.1, 0.15) is 11.5 Å². The van der Waals surface area contributed by atoms with Crippen LogP contribution in [0.25, 0.3) is 21.5 Å². The van der Waals surface area contributed by atoms with Crippen LogP contribution in [0.2, 0.25) is 10.0 Å². The first kappa shape index (κ1) is 18.0. The van der Waals surface area contributed by atoms with Gasteiger partial charge in [-0.05, 0) is 54.7 Å². The van der Waals surface area contributed by atoms with E-state index in [0.29, 0.717) is 16.5 Å². The second-order valence-electron chi connectivity index (χ2n) is 6.90. The number of rotatable bonds is 2. The van der Waals surface area contributed by atoms with Gasteiger partial charge in [-0.3, -0.25) is 0 Å². The first-order valence-corrected chi connectivity index (χ1v) is 9.43. The van der Waals surface area contributed by atoms with E-state index in [1.807, 2.05) is 62.4 Å². The van der Waals surface area contributed by atoms with Crippen molar-refractivity contribution in [2.24, 2.45) is 0 Å². The lowest BCUT2D eigenvalue weighted by Crippen LogP contribution is -1.96. The van der Waals surface area contributed by atoms with Crippen LogP contribution in [0.3, 0.4) is 0 Å². The lowest BCUT2D eigenvalue weighted by Gasteiger charge is -2.16. The quantitative estimate of drug-likeness (QED) is 0.386. The molecule has 136 valence electrons. The molecule has 2 N–H and O–H groups in total. The SMILES string of the molecule is Cc1cc(Cc2cc(C)c(O)c3cccc(Cl)c23)c2c(Cl)cccc2c1O. The summed E-state index contributed by atoms with van der Waals surface area (Å²) in [5.41, 5.74) is 3.62. The van der Waals surface area contributed by atoms with Crippen LogP contribution < -0.4 is 0 Å². The number of phenolic OH excluding ortho intramolecular Hbond substituents is 2. The summed E-state index contributed by atoms with van der Waals surface area (Å²) < 4.78 is 0. The molecule has 0 fully saturated rings. The van der Waals surface area contributed by atoms with Crippen molar-refractivity contribution in [3.63, 3.8) is 0 Å². The molecule has 0 bridgehead atoms. The molecule has 0 aromatic heterocycles. The summed E-state index contributed by atoms with van der Waals surface area (Å²) >= 11 is 13.0. The Balaban J connectivity index is 2.02. The van der Waals surface area contributed by atoms with Gasteiger partial charge in [0, 0.05) is 31.6 Å². The average Bonchev–Trinajstić information content (AvgIpc) is 2.63. The zero-order chi connectivity index (χ0) is 19.3. The summed E-state index contributed by atoms with van der Waals surface area (Å²) in [7, 11) is 0. The van der Waals surface area contributed by atoms with E-state index in [1.54, 1.807) is 0 Å². The van der Waals surface area contributed by atoms with Crippen LogP contribution in [0.4, 0.5) is 0 Å². The second-order valence-corrected chi connectivity index (χ2v) is 7.72. The minimum Gasteiger partial charge on any atom is -0.507 e. The maximum absolute atomic E-state index is 10.5. The highest BCUT2D eigenvalue weighted by atomic mass is 35.5. The predicted molar refractivity (Wildman–Crippen MR) is 114 cm³/mol. The topological polar surface area (TPSA) is 40.5 Å². The van der Waals surface area contributed by atoms with Crippen LogP contribution in [0, 0.1) is 13.8 Å². The molecule has 0 atom stereocenters. The van der Waals surface area contributed by atoms with Crippen molar-refractivity contribution in [1.82, 2.24) is 0 Å². The number of aryl methyl sites for hydroxylation is 2. The molecule has 0 saturated heterocycles. The van der Waals surface area contributed by atoms with Crippen LogP contribution in [0.1, 0.15) is 22.3 Å². The Morgan fingerprint density at radius 3 is 1.52 bits per heavy atom. The normalized spacial score (nSPS) is 11.4. The van der Waals surface area contributed by atoms with E-state index in [9.17, 15) is 10.2 Å². The molecule has 0 heterocycles. The number of halogens is 2. The van der Waals surface area contributed by atoms with Gasteiger partial charge in [0.05, 0.1) is 0 Å². The molecule has 4 rings (SSSR count). The van der Waals surface area contributed by atoms with Gasteiger partial charge in [0.25, 0.3) is 0 Å². The summed E-state index contributed by atoms with van der Waals surface area (Å²) in [6, 6.07) is 15.0. The van der Waals surface area contributed by atoms with Crippen LogP contribution >= 0.6 is 23.2 Å². The first-order valence-electron chi connectivity index (χ1n) is 8.68. The molecule has 0 aliphatic carbocycles. The predicted octanol–water partition coefficient (Wildman–Crippen LogP) is 6.92. The third-order valence-electron chi connectivity index (χ3n) is 5.09. The highest BCUT2D eigenvalue weighted by Gasteiger charge is 2.16. The van der Waals surface area contributed by atoms with Crippen molar-refractivity contribution in [3.05, 3.63) is 80.8 Å². The zero-order valence-electron chi connectivity index (χ0n) is 15.0. The maximum atomic E-state index is 10.5. The fourth-order valence-electron chi connectivity index (χ4n) is 3.81. The van der Waals surface area contributed by atoms with Crippen LogP contribution in [-0.2, 0) is 6.42 Å². The molecule has 0 aliphatic rings. The third-order valence-corrected chi connectivity index (χ3v) is 5.72. The molecular formula is C23H18Cl2O2. The fraction of sp³-hybridized carbons (Fsp3) is 0.130. The molecule has 4 heteroatoms. The van der Waals surface area contributed by atoms with Crippen molar-refractivity contribution in [2.45, 2.75) is 20.3 Å². The Morgan fingerprint density at radius 2 is 1.11 bits per heavy atom. The molecule has 27 heavy (non-hydrogen) atoms. The monoisotopic (exact) mass is 396 g/mol. The number of aromatic hydroxyl groups is 2. The summed E-state index contributed by atoms with van der Waals surface area (Å²) in [5, 5.41) is 25.3. The zero-order valence-corrected chi connectivity index (χ0v) is 16.5. The number of hydrogen-bond acceptors (Lipinski definition) is 2. The van der Waals surface area contributed by atoms with Gasteiger partial charge < -0.3 is 10.2 Å². The molecular weight excluding hydrogens is 379 g/mol. The van der Waals surface area contributed by atoms with E-state index in [2.05, 4.69) is 0 Å². The molecule has 4 aromatic carbocycles. The van der Waals surface area contributed by atoms with E-state index in [4.69, 9.17) is 23.2 Å². The van der Waals surface area contributed by atoms with Crippen molar-refractivity contribution in [2.75, 3.05) is 0 Å². The van der Waals surface area contributed by atoms with Crippen LogP contribution in [0.15, 0.2) is 48.5 Å². The summed E-state index contributed by atoms with van der Waals surface area (Å²) in [6.45, 7) is 3.76. The number of benzene rings is 4. The molecule has 4 aromatic rings. The minimum absolute atomic E-state index is 0.251. The van der Waals surface area contributed by atoms with E-state index >= 15 is 0 Å². The van der Waals surface area contributed by atoms with Gasteiger partial charge in [-0.2, -0.15) is 0 Å². The van der Waals surface area contributed by atoms with Gasteiger partial charge in [-0.25, -0.2) is 0 Å². The van der Waals surface area contributed by atoms with Crippen LogP contribution in [-0.4, -0.2) is 10.2 Å². The average molecular weight is 397 g/mol. The van der Waals surface area contributed by atoms with E-state index in [0.717, 1.165) is 43.8 Å². The van der Waals surface area contributed by atoms with Crippen molar-refractivity contribution in [3.8, 4) is 11.5 Å². The first-order chi connectivity index (χ1) is 12.9. The van der Waals surface area contributed by atoms with E-state index in [1.165, 1.54) is 0 Å². The number of hydrogen-bond donors (Lipinski definition) is 2. The van der Waals surface area contributed by atoms with Gasteiger partial charge in [-0.1, -0.05) is 59.6 Å². The molecule has 2 nitrogen and oxygen atoms in total. The molecule has 0 aliphatic heterocycles. The largest absolute Gasteiger partial charge is 0.507 e. The smallest absolute Gasteiger partial charge is 0.126 e. The Bertz CT molecular complexity index is 1120. The van der Waals surface area contributed by atoms with Crippen molar-refractivity contribution >= 4 is 44.7 Å². The van der Waals surface area contributed by atoms with E-state index < -0.39 is 0 Å². The molecule has 0 amide bonds. The van der Waals surface area contributed by atoms with E-state index in [-0.39, 0.29) is 11.5 Å². The molecule has 0 unspecified atom stereocenters. The lowest BCUT2D eigenvalue weighted by atomic mass is 9.91. The number of fused-ring (bicyclic) bond motifs is 2. The molecule has 0 spiro atoms. The van der Waals surface area contributed by atoms with Crippen LogP contribution in [0.5, 0.6) is 11.5 Å². The Morgan fingerprint density at radius 1 is 0.704 bits per heavy atom. The van der Waals surface area contributed by atoms with Gasteiger partial charge in [0.2, 0.25) is 0 Å². The Labute approximate surface area is 167 Å². The Kier molecular flexibility index (Phi) is 4.41. The standard InChI is InChI=1S/C23H18Cl2O2/c1-12-9-14(20-16(22(12)26)5-3-7-18(20)24)11-15-10-13(2)23(27)17-6-4-8-19(25)21(15)17/h3-10,26-27H,11H2,1-2H3. The van der Waals surface area contributed by atoms with Gasteiger partial charge in [-0.15, -0.1) is 0 Å². The summed E-state index contributed by atoms with van der Waals surface area (Å²) in [5.74, 6) is 0.502. The molecule has 0 radical (unpaired) electrons. The lowest BCUT2D eigenvalue weighted by molar-refractivity contribution is 0.477. The highest BCUT2D eigenvalue weighted by molar-refractivity contribution is 6.36.